The molecule has 0 saturated heterocycles. The minimum absolute atomic E-state index is 0.155. The van der Waals surface area contributed by atoms with Crippen LogP contribution in [0.15, 0.2) is 72.8 Å². The number of hydrogen-bond donors (Lipinski definition) is 1. The van der Waals surface area contributed by atoms with E-state index >= 15 is 0 Å². The zero-order chi connectivity index (χ0) is 23.4. The van der Waals surface area contributed by atoms with Crippen molar-refractivity contribution in [3.8, 4) is 5.75 Å². The maximum Gasteiger partial charge on any atom is 0.251 e. The number of amides is 1. The molecule has 5 nitrogen and oxygen atoms in total. The molecule has 1 aromatic heterocycles. The first-order chi connectivity index (χ1) is 16.0. The van der Waals surface area contributed by atoms with Crippen LogP contribution in [-0.4, -0.2) is 22.6 Å². The molecule has 0 aliphatic rings. The number of benzene rings is 3. The molecule has 0 fully saturated rings. The van der Waals surface area contributed by atoms with Gasteiger partial charge in [-0.1, -0.05) is 56.3 Å². The van der Waals surface area contributed by atoms with Crippen molar-refractivity contribution in [3.63, 3.8) is 0 Å². The molecule has 0 bridgehead atoms. The lowest BCUT2D eigenvalue weighted by Gasteiger charge is -2.17. The quantitative estimate of drug-likeness (QED) is 0.360. The number of ether oxygens (including phenoxy) is 1. The molecule has 170 valence electrons. The zero-order valence-electron chi connectivity index (χ0n) is 19.7. The zero-order valence-corrected chi connectivity index (χ0v) is 19.7. The van der Waals surface area contributed by atoms with Crippen molar-refractivity contribution in [1.29, 1.82) is 0 Å². The van der Waals surface area contributed by atoms with Crippen molar-refractivity contribution in [2.24, 2.45) is 0 Å². The van der Waals surface area contributed by atoms with E-state index in [0.717, 1.165) is 23.3 Å². The highest BCUT2D eigenvalue weighted by Crippen LogP contribution is 2.24. The van der Waals surface area contributed by atoms with Crippen LogP contribution in [-0.2, 0) is 6.54 Å². The predicted molar refractivity (Wildman–Crippen MR) is 133 cm³/mol. The van der Waals surface area contributed by atoms with Gasteiger partial charge in [0, 0.05) is 12.1 Å². The number of rotatable bonds is 8. The third-order valence-corrected chi connectivity index (χ3v) is 6.25. The summed E-state index contributed by atoms with van der Waals surface area (Å²) in [6, 6.07) is 23.8. The molecule has 0 radical (unpaired) electrons. The smallest absolute Gasteiger partial charge is 0.251 e. The highest BCUT2D eigenvalue weighted by atomic mass is 16.5. The Morgan fingerprint density at radius 3 is 2.52 bits per heavy atom. The summed E-state index contributed by atoms with van der Waals surface area (Å²) >= 11 is 0. The standard InChI is InChI=1S/C28H31N3O2/c1-5-19(2)22-15-13-21(14-16-22)18-31-26-12-7-6-11-25(26)30-27(31)20(3)29-28(32)23-9-8-10-24(17-23)33-4/h6-17,19-20H,5,18H2,1-4H3,(H,29,32). The van der Waals surface area contributed by atoms with Gasteiger partial charge in [-0.15, -0.1) is 0 Å². The lowest BCUT2D eigenvalue weighted by Crippen LogP contribution is -2.28. The lowest BCUT2D eigenvalue weighted by molar-refractivity contribution is 0.0937. The van der Waals surface area contributed by atoms with Gasteiger partial charge in [-0.25, -0.2) is 4.98 Å². The van der Waals surface area contributed by atoms with Gasteiger partial charge in [-0.3, -0.25) is 4.79 Å². The summed E-state index contributed by atoms with van der Waals surface area (Å²) in [5.74, 6) is 1.88. The normalized spacial score (nSPS) is 13.0. The SMILES string of the molecule is CCC(C)c1ccc(Cn2c(C(C)NC(=O)c3cccc(OC)c3)nc3ccccc32)cc1. The number of hydrogen-bond acceptors (Lipinski definition) is 3. The minimum Gasteiger partial charge on any atom is -0.497 e. The number of carbonyl (C=O) groups excluding carboxylic acids is 1. The maximum absolute atomic E-state index is 12.9. The Kier molecular flexibility index (Phi) is 6.78. The fourth-order valence-electron chi connectivity index (χ4n) is 4.07. The van der Waals surface area contributed by atoms with Crippen molar-refractivity contribution < 1.29 is 9.53 Å². The summed E-state index contributed by atoms with van der Waals surface area (Å²) < 4.78 is 7.45. The lowest BCUT2D eigenvalue weighted by atomic mass is 9.97. The number of nitrogens with zero attached hydrogens (tertiary/aromatic N) is 2. The van der Waals surface area contributed by atoms with E-state index in [2.05, 4.69) is 54.1 Å². The average molecular weight is 442 g/mol. The van der Waals surface area contributed by atoms with Gasteiger partial charge in [0.25, 0.3) is 5.91 Å². The van der Waals surface area contributed by atoms with Gasteiger partial charge in [-0.05, 0) is 60.7 Å². The molecular weight excluding hydrogens is 410 g/mol. The number of carbonyl (C=O) groups is 1. The topological polar surface area (TPSA) is 56.2 Å². The Balaban J connectivity index is 1.62. The molecule has 2 unspecified atom stereocenters. The highest BCUT2D eigenvalue weighted by molar-refractivity contribution is 5.94. The molecule has 4 rings (SSSR count). The average Bonchev–Trinajstić information content (AvgIpc) is 3.22. The van der Waals surface area contributed by atoms with E-state index in [1.54, 1.807) is 19.2 Å². The van der Waals surface area contributed by atoms with Crippen LogP contribution in [0.4, 0.5) is 0 Å². The van der Waals surface area contributed by atoms with Crippen molar-refractivity contribution >= 4 is 16.9 Å². The second-order valence-electron chi connectivity index (χ2n) is 8.52. The number of nitrogens with one attached hydrogen (secondary N) is 1. The van der Waals surface area contributed by atoms with Crippen molar-refractivity contribution in [1.82, 2.24) is 14.9 Å². The molecule has 0 aliphatic heterocycles. The first-order valence-electron chi connectivity index (χ1n) is 11.5. The fraction of sp³-hybridized carbons (Fsp3) is 0.286. The molecule has 3 aromatic carbocycles. The summed E-state index contributed by atoms with van der Waals surface area (Å²) in [5.41, 5.74) is 5.10. The van der Waals surface area contributed by atoms with Gasteiger partial charge in [-0.2, -0.15) is 0 Å². The number of fused-ring (bicyclic) bond motifs is 1. The van der Waals surface area contributed by atoms with Crippen LogP contribution in [0.3, 0.4) is 0 Å². The Bertz CT molecular complexity index is 1240. The number of imidazole rings is 1. The summed E-state index contributed by atoms with van der Waals surface area (Å²) in [4.78, 5) is 17.8. The number of methoxy groups -OCH3 is 1. The Morgan fingerprint density at radius 2 is 1.79 bits per heavy atom. The molecule has 1 N–H and O–H groups in total. The van der Waals surface area contributed by atoms with Crippen LogP contribution in [0.1, 0.15) is 66.5 Å². The van der Waals surface area contributed by atoms with E-state index in [9.17, 15) is 4.79 Å². The first-order valence-corrected chi connectivity index (χ1v) is 11.5. The summed E-state index contributed by atoms with van der Waals surface area (Å²) in [6.45, 7) is 7.13. The van der Waals surface area contributed by atoms with Crippen LogP contribution < -0.4 is 10.1 Å². The largest absolute Gasteiger partial charge is 0.497 e. The van der Waals surface area contributed by atoms with Gasteiger partial charge < -0.3 is 14.6 Å². The molecule has 0 spiro atoms. The van der Waals surface area contributed by atoms with Gasteiger partial charge in [0.15, 0.2) is 0 Å². The monoisotopic (exact) mass is 441 g/mol. The van der Waals surface area contributed by atoms with E-state index in [-0.39, 0.29) is 11.9 Å². The van der Waals surface area contributed by atoms with Gasteiger partial charge >= 0.3 is 0 Å². The molecule has 4 aromatic rings. The minimum atomic E-state index is -0.268. The van der Waals surface area contributed by atoms with E-state index in [0.29, 0.717) is 23.8 Å². The van der Waals surface area contributed by atoms with Crippen LogP contribution in [0, 0.1) is 0 Å². The van der Waals surface area contributed by atoms with E-state index < -0.39 is 0 Å². The summed E-state index contributed by atoms with van der Waals surface area (Å²) in [7, 11) is 1.59. The molecule has 33 heavy (non-hydrogen) atoms. The molecule has 0 aliphatic carbocycles. The van der Waals surface area contributed by atoms with Gasteiger partial charge in [0.05, 0.1) is 24.2 Å². The number of aromatic nitrogens is 2. The maximum atomic E-state index is 12.9. The molecule has 5 heteroatoms. The van der Waals surface area contributed by atoms with E-state index in [1.807, 2.05) is 37.3 Å². The van der Waals surface area contributed by atoms with E-state index in [1.165, 1.54) is 11.1 Å². The molecule has 0 saturated carbocycles. The van der Waals surface area contributed by atoms with Crippen molar-refractivity contribution in [3.05, 3.63) is 95.3 Å². The van der Waals surface area contributed by atoms with Gasteiger partial charge in [0.2, 0.25) is 0 Å². The summed E-state index contributed by atoms with van der Waals surface area (Å²) in [6.07, 6.45) is 1.13. The molecule has 1 heterocycles. The molecular formula is C28H31N3O2. The predicted octanol–water partition coefficient (Wildman–Crippen LogP) is 6.10. The highest BCUT2D eigenvalue weighted by Gasteiger charge is 2.19. The van der Waals surface area contributed by atoms with Crippen LogP contribution >= 0.6 is 0 Å². The van der Waals surface area contributed by atoms with Crippen molar-refractivity contribution in [2.75, 3.05) is 7.11 Å². The first kappa shape index (κ1) is 22.6. The second-order valence-corrected chi connectivity index (χ2v) is 8.52. The fourth-order valence-corrected chi connectivity index (χ4v) is 4.07. The second kappa shape index (κ2) is 9.90. The Hall–Kier alpha value is -3.60. The van der Waals surface area contributed by atoms with Crippen molar-refractivity contribution in [2.45, 2.75) is 45.7 Å². The molecule has 2 atom stereocenters. The summed E-state index contributed by atoms with van der Waals surface area (Å²) in [5, 5.41) is 3.10. The Morgan fingerprint density at radius 1 is 1.03 bits per heavy atom. The van der Waals surface area contributed by atoms with E-state index in [4.69, 9.17) is 9.72 Å². The third kappa shape index (κ3) is 4.92. The van der Waals surface area contributed by atoms with Crippen LogP contribution in [0.5, 0.6) is 5.75 Å². The van der Waals surface area contributed by atoms with Crippen LogP contribution in [0.2, 0.25) is 0 Å². The third-order valence-electron chi connectivity index (χ3n) is 6.25. The number of para-hydroxylation sites is 2. The molecule has 1 amide bonds. The van der Waals surface area contributed by atoms with Gasteiger partial charge in [0.1, 0.15) is 11.6 Å². The Labute approximate surface area is 195 Å². The van der Waals surface area contributed by atoms with Crippen LogP contribution in [0.25, 0.3) is 11.0 Å².